The van der Waals surface area contributed by atoms with Gasteiger partial charge in [0, 0.05) is 17.3 Å². The molecule has 1 radical (unpaired) electrons. The van der Waals surface area contributed by atoms with Gasteiger partial charge < -0.3 is 5.32 Å². The summed E-state index contributed by atoms with van der Waals surface area (Å²) in [6.07, 6.45) is -3.65. The van der Waals surface area contributed by atoms with Crippen LogP contribution >= 0.6 is 0 Å². The van der Waals surface area contributed by atoms with Crippen molar-refractivity contribution in [2.24, 2.45) is 0 Å². The van der Waals surface area contributed by atoms with Crippen LogP contribution in [0.15, 0.2) is 12.3 Å². The van der Waals surface area contributed by atoms with E-state index in [1.54, 1.807) is 5.32 Å². The van der Waals surface area contributed by atoms with Gasteiger partial charge in [-0.2, -0.15) is 13.2 Å². The van der Waals surface area contributed by atoms with Gasteiger partial charge in [0.2, 0.25) is 0 Å². The fraction of sp³-hybridized carbons (Fsp3) is 0.286. The molecule has 0 fully saturated rings. The number of aromatic nitrogens is 1. The Labute approximate surface area is 71.6 Å². The van der Waals surface area contributed by atoms with E-state index in [4.69, 9.17) is 4.11 Å². The number of pyridine rings is 1. The molecule has 1 aromatic heterocycles. The van der Waals surface area contributed by atoms with Gasteiger partial charge in [0.1, 0.15) is 11.4 Å². The van der Waals surface area contributed by atoms with Gasteiger partial charge in [0.25, 0.3) is 0 Å². The molecule has 5 heteroatoms. The number of halogens is 3. The van der Waals surface area contributed by atoms with Gasteiger partial charge in [-0.15, -0.1) is 0 Å². The van der Waals surface area contributed by atoms with E-state index >= 15 is 0 Å². The molecule has 2 nitrogen and oxygen atoms in total. The Morgan fingerprint density at radius 3 is 3.00 bits per heavy atom. The zero-order chi connectivity index (χ0) is 11.7. The monoisotopic (exact) mass is 178 g/mol. The highest BCUT2D eigenvalue weighted by atomic mass is 19.4. The number of hydrogen-bond donors (Lipinski definition) is 1. The molecule has 0 atom stereocenters. The average molecular weight is 178 g/mol. The van der Waals surface area contributed by atoms with Crippen LogP contribution in [0.3, 0.4) is 0 Å². The second kappa shape index (κ2) is 3.00. The van der Waals surface area contributed by atoms with Crippen molar-refractivity contribution in [2.45, 2.75) is 6.18 Å². The van der Waals surface area contributed by atoms with Crippen molar-refractivity contribution >= 4 is 5.82 Å². The molecule has 0 spiro atoms. The third-order valence-corrected chi connectivity index (χ3v) is 1.14. The number of rotatable bonds is 1. The van der Waals surface area contributed by atoms with Gasteiger partial charge in [0.05, 0.1) is 0 Å². The molecular weight excluding hydrogens is 169 g/mol. The van der Waals surface area contributed by atoms with Gasteiger partial charge in [-0.3, -0.25) is 0 Å². The molecule has 0 amide bonds. The highest BCUT2D eigenvalue weighted by molar-refractivity contribution is 5.43. The van der Waals surface area contributed by atoms with Crippen LogP contribution in [-0.4, -0.2) is 12.0 Å². The smallest absolute Gasteiger partial charge is 0.373 e. The largest absolute Gasteiger partial charge is 0.420 e. The first-order chi connectivity index (χ1) is 6.70. The molecule has 12 heavy (non-hydrogen) atoms. The highest BCUT2D eigenvalue weighted by Gasteiger charge is 2.33. The summed E-state index contributed by atoms with van der Waals surface area (Å²) in [4.78, 5) is 3.31. The molecule has 1 aromatic rings. The zero-order valence-corrected chi connectivity index (χ0v) is 5.74. The first-order valence-corrected chi connectivity index (χ1v) is 2.92. The lowest BCUT2D eigenvalue weighted by atomic mass is 10.2. The van der Waals surface area contributed by atoms with Crippen LogP contribution < -0.4 is 5.32 Å². The van der Waals surface area contributed by atoms with E-state index in [1.165, 1.54) is 0 Å². The quantitative estimate of drug-likeness (QED) is 0.710. The van der Waals surface area contributed by atoms with Gasteiger partial charge in [-0.25, -0.2) is 4.98 Å². The molecule has 1 N–H and O–H groups in total. The summed E-state index contributed by atoms with van der Waals surface area (Å²) in [7, 11) is 0. The lowest BCUT2D eigenvalue weighted by molar-refractivity contribution is -0.137. The number of nitrogens with zero attached hydrogens (tertiary/aromatic N) is 1. The van der Waals surface area contributed by atoms with Crippen molar-refractivity contribution in [1.82, 2.24) is 4.98 Å². The van der Waals surface area contributed by atoms with Crippen molar-refractivity contribution in [1.29, 1.82) is 0 Å². The Kier molecular flexibility index (Phi) is 1.35. The summed E-state index contributed by atoms with van der Waals surface area (Å²) in [5, 5.41) is 1.69. The molecule has 1 heterocycles. The summed E-state index contributed by atoms with van der Waals surface area (Å²) >= 11 is 0. The minimum atomic E-state index is -4.68. The van der Waals surface area contributed by atoms with E-state index in [2.05, 4.69) is 4.98 Å². The summed E-state index contributed by atoms with van der Waals surface area (Å²) in [6.45, 7) is -2.72. The molecule has 0 aliphatic carbocycles. The normalized spacial score (nSPS) is 16.1. The predicted molar refractivity (Wildman–Crippen MR) is 37.6 cm³/mol. The van der Waals surface area contributed by atoms with Crippen LogP contribution in [0, 0.1) is 6.07 Å². The average Bonchev–Trinajstić information content (AvgIpc) is 1.99. The molecule has 1 rings (SSSR count). The molecular formula is C7H6F3N2. The SMILES string of the molecule is [2H]C([2H])([2H])Nc1ncc[c]c1C(F)(F)F. The van der Waals surface area contributed by atoms with Crippen molar-refractivity contribution < 1.29 is 17.3 Å². The Morgan fingerprint density at radius 1 is 1.67 bits per heavy atom. The summed E-state index contributed by atoms with van der Waals surface area (Å²) < 4.78 is 57.3. The molecule has 0 unspecified atom stereocenters. The third kappa shape index (κ3) is 1.66. The van der Waals surface area contributed by atoms with Crippen LogP contribution in [0.2, 0.25) is 0 Å². The number of nitrogens with one attached hydrogen (secondary N) is 1. The second-order valence-electron chi connectivity index (χ2n) is 1.94. The minimum absolute atomic E-state index is 0.745. The fourth-order valence-electron chi connectivity index (χ4n) is 0.676. The topological polar surface area (TPSA) is 24.9 Å². The van der Waals surface area contributed by atoms with Crippen LogP contribution in [0.25, 0.3) is 0 Å². The lowest BCUT2D eigenvalue weighted by Gasteiger charge is -2.09. The van der Waals surface area contributed by atoms with Crippen LogP contribution in [0.5, 0.6) is 0 Å². The molecule has 0 saturated carbocycles. The standard InChI is InChI=1S/C7H6F3N2/c1-11-6-5(7(8,9)10)3-2-4-12-6/h2,4H,1H3,(H,11,12)/i1D3. The molecule has 0 aliphatic rings. The van der Waals surface area contributed by atoms with Crippen LogP contribution in [0.4, 0.5) is 19.0 Å². The van der Waals surface area contributed by atoms with Gasteiger partial charge in [0.15, 0.2) is 0 Å². The van der Waals surface area contributed by atoms with Crippen molar-refractivity contribution in [2.75, 3.05) is 12.3 Å². The molecule has 0 bridgehead atoms. The Balaban J connectivity index is 3.08. The molecule has 0 saturated heterocycles. The summed E-state index contributed by atoms with van der Waals surface area (Å²) in [5.41, 5.74) is -1.22. The zero-order valence-electron chi connectivity index (χ0n) is 8.74. The number of hydrogen-bond acceptors (Lipinski definition) is 2. The molecule has 65 valence electrons. The van der Waals surface area contributed by atoms with E-state index in [9.17, 15) is 13.2 Å². The first-order valence-electron chi connectivity index (χ1n) is 4.42. The van der Waals surface area contributed by atoms with Crippen molar-refractivity contribution in [3.8, 4) is 0 Å². The predicted octanol–water partition coefficient (Wildman–Crippen LogP) is 1.94. The van der Waals surface area contributed by atoms with E-state index in [1.807, 2.05) is 6.07 Å². The maximum Gasteiger partial charge on any atom is 0.420 e. The molecule has 0 aromatic carbocycles. The maximum atomic E-state index is 12.3. The summed E-state index contributed by atoms with van der Waals surface area (Å²) in [5.74, 6) is -0.745. The number of anilines is 1. The fourth-order valence-corrected chi connectivity index (χ4v) is 0.676. The second-order valence-corrected chi connectivity index (χ2v) is 1.94. The lowest BCUT2D eigenvalue weighted by Crippen LogP contribution is -2.10. The van der Waals surface area contributed by atoms with Crippen molar-refractivity contribution in [3.05, 3.63) is 23.9 Å². The van der Waals surface area contributed by atoms with Gasteiger partial charge >= 0.3 is 6.18 Å². The highest BCUT2D eigenvalue weighted by Crippen LogP contribution is 2.32. The maximum absolute atomic E-state index is 12.3. The third-order valence-electron chi connectivity index (χ3n) is 1.14. The summed E-state index contributed by atoms with van der Waals surface area (Å²) in [6, 6.07) is 2.87. The van der Waals surface area contributed by atoms with Crippen molar-refractivity contribution in [3.63, 3.8) is 0 Å². The minimum Gasteiger partial charge on any atom is -0.373 e. The van der Waals surface area contributed by atoms with Crippen LogP contribution in [-0.2, 0) is 6.18 Å². The van der Waals surface area contributed by atoms with Gasteiger partial charge in [-0.05, 0) is 12.1 Å². The first kappa shape index (κ1) is 5.40. The molecule has 0 aliphatic heterocycles. The van der Waals surface area contributed by atoms with E-state index in [0.29, 0.717) is 0 Å². The van der Waals surface area contributed by atoms with E-state index < -0.39 is 24.5 Å². The Hall–Kier alpha value is -1.26. The Bertz CT molecular complexity index is 348. The van der Waals surface area contributed by atoms with Gasteiger partial charge in [-0.1, -0.05) is 0 Å². The van der Waals surface area contributed by atoms with Crippen LogP contribution in [0.1, 0.15) is 9.68 Å². The van der Waals surface area contributed by atoms with E-state index in [0.717, 1.165) is 12.3 Å². The number of alkyl halides is 3. The van der Waals surface area contributed by atoms with E-state index in [-0.39, 0.29) is 0 Å². The Morgan fingerprint density at radius 2 is 2.42 bits per heavy atom.